The van der Waals surface area contributed by atoms with Crippen LogP contribution < -0.4 is 0 Å². The number of carbonyl (C=O) groups excluding carboxylic acids is 1. The van der Waals surface area contributed by atoms with Crippen molar-refractivity contribution in [1.29, 1.82) is 0 Å². The van der Waals surface area contributed by atoms with E-state index in [-0.39, 0.29) is 11.3 Å². The molecule has 1 aromatic rings. The highest BCUT2D eigenvalue weighted by Gasteiger charge is 2.37. The van der Waals surface area contributed by atoms with Gasteiger partial charge in [0.25, 0.3) is 5.91 Å². The van der Waals surface area contributed by atoms with Crippen LogP contribution in [0.4, 0.5) is 0 Å². The fraction of sp³-hybridized carbons (Fsp3) is 0.609. The van der Waals surface area contributed by atoms with Gasteiger partial charge in [0.15, 0.2) is 0 Å². The molecular formula is C23H33ClN2OS. The Balaban J connectivity index is 1.73. The molecule has 2 aliphatic heterocycles. The Labute approximate surface area is 179 Å². The van der Waals surface area contributed by atoms with E-state index in [2.05, 4.69) is 35.8 Å². The molecule has 3 rings (SSSR count). The third kappa shape index (κ3) is 5.55. The molecule has 3 nitrogen and oxygen atoms in total. The van der Waals surface area contributed by atoms with Gasteiger partial charge in [-0.1, -0.05) is 61.8 Å². The monoisotopic (exact) mass is 420 g/mol. The van der Waals surface area contributed by atoms with Crippen molar-refractivity contribution < 1.29 is 4.79 Å². The number of thioether (sulfide) groups is 1. The van der Waals surface area contributed by atoms with E-state index in [0.29, 0.717) is 5.92 Å². The van der Waals surface area contributed by atoms with Gasteiger partial charge < -0.3 is 9.80 Å². The quantitative estimate of drug-likeness (QED) is 0.474. The summed E-state index contributed by atoms with van der Waals surface area (Å²) in [4.78, 5) is 18.7. The van der Waals surface area contributed by atoms with Gasteiger partial charge in [-0.15, -0.1) is 0 Å². The predicted octanol–water partition coefficient (Wildman–Crippen LogP) is 6.11. The number of amides is 1. The van der Waals surface area contributed by atoms with Crippen LogP contribution in [0, 0.1) is 5.92 Å². The zero-order chi connectivity index (χ0) is 19.9. The summed E-state index contributed by atoms with van der Waals surface area (Å²) in [5.74, 6) is 0.667. The Hall–Kier alpha value is -0.970. The van der Waals surface area contributed by atoms with Crippen LogP contribution in [-0.4, -0.2) is 41.9 Å². The van der Waals surface area contributed by atoms with Crippen LogP contribution in [0.2, 0.25) is 5.02 Å². The van der Waals surface area contributed by atoms with Crippen LogP contribution in [0.15, 0.2) is 35.2 Å². The fourth-order valence-corrected chi connectivity index (χ4v) is 5.65. The summed E-state index contributed by atoms with van der Waals surface area (Å²) in [6, 6.07) is 7.98. The molecule has 2 aliphatic rings. The summed E-state index contributed by atoms with van der Waals surface area (Å²) < 4.78 is 0. The number of piperidine rings is 1. The number of hydrogen-bond donors (Lipinski definition) is 0. The summed E-state index contributed by atoms with van der Waals surface area (Å²) >= 11 is 7.94. The SMILES string of the molecule is CCC(/C=C1/SC(c2cccc(Cl)c2)N(CCCN2CCCCC2)C1=O)CC. The average molecular weight is 421 g/mol. The van der Waals surface area contributed by atoms with Crippen LogP contribution in [0.1, 0.15) is 63.3 Å². The number of carbonyl (C=O) groups is 1. The molecule has 2 saturated heterocycles. The van der Waals surface area contributed by atoms with Crippen molar-refractivity contribution in [2.75, 3.05) is 26.2 Å². The Morgan fingerprint density at radius 2 is 1.93 bits per heavy atom. The largest absolute Gasteiger partial charge is 0.322 e. The summed E-state index contributed by atoms with van der Waals surface area (Å²) in [7, 11) is 0. The molecular weight excluding hydrogens is 388 g/mol. The fourth-order valence-electron chi connectivity index (χ4n) is 4.11. The average Bonchev–Trinajstić information content (AvgIpc) is 3.02. The van der Waals surface area contributed by atoms with Crippen LogP contribution in [0.25, 0.3) is 0 Å². The minimum atomic E-state index is 0.0353. The molecule has 0 N–H and O–H groups in total. The first kappa shape index (κ1) is 21.7. The molecule has 154 valence electrons. The minimum absolute atomic E-state index is 0.0353. The number of nitrogens with zero attached hydrogens (tertiary/aromatic N) is 2. The van der Waals surface area contributed by atoms with Crippen LogP contribution >= 0.6 is 23.4 Å². The molecule has 0 aromatic heterocycles. The van der Waals surface area contributed by atoms with Gasteiger partial charge in [0.1, 0.15) is 5.37 Å². The number of hydrogen-bond acceptors (Lipinski definition) is 3. The van der Waals surface area contributed by atoms with E-state index >= 15 is 0 Å². The van der Waals surface area contributed by atoms with E-state index in [1.165, 1.54) is 32.4 Å². The first-order valence-electron chi connectivity index (χ1n) is 10.8. The maximum absolute atomic E-state index is 13.2. The number of benzene rings is 1. The standard InChI is InChI=1S/C23H33ClN2OS/c1-3-18(4-2)16-21-22(27)26(15-9-14-25-12-6-5-7-13-25)23(28-21)19-10-8-11-20(24)17-19/h8,10-11,16-18,23H,3-7,9,12-15H2,1-2H3/b21-16+. The van der Waals surface area contributed by atoms with Crippen molar-refractivity contribution in [2.24, 2.45) is 5.92 Å². The number of halogens is 1. The Kier molecular flexibility index (Phi) is 8.31. The Morgan fingerprint density at radius 3 is 2.61 bits per heavy atom. The number of likely N-dealkylation sites (tertiary alicyclic amines) is 1. The molecule has 0 aliphatic carbocycles. The maximum Gasteiger partial charge on any atom is 0.261 e. The van der Waals surface area contributed by atoms with Crippen molar-refractivity contribution in [3.05, 3.63) is 45.8 Å². The van der Waals surface area contributed by atoms with E-state index < -0.39 is 0 Å². The molecule has 0 saturated carbocycles. The van der Waals surface area contributed by atoms with Crippen molar-refractivity contribution in [3.63, 3.8) is 0 Å². The van der Waals surface area contributed by atoms with Crippen molar-refractivity contribution in [3.8, 4) is 0 Å². The van der Waals surface area contributed by atoms with E-state index in [9.17, 15) is 4.79 Å². The molecule has 2 heterocycles. The normalized spacial score (nSPS) is 22.6. The van der Waals surface area contributed by atoms with Crippen LogP contribution in [0.5, 0.6) is 0 Å². The summed E-state index contributed by atoms with van der Waals surface area (Å²) in [6.07, 6.45) is 9.36. The minimum Gasteiger partial charge on any atom is -0.322 e. The molecule has 1 aromatic carbocycles. The van der Waals surface area contributed by atoms with E-state index in [0.717, 1.165) is 47.8 Å². The second kappa shape index (κ2) is 10.7. The molecule has 28 heavy (non-hydrogen) atoms. The van der Waals surface area contributed by atoms with Gasteiger partial charge in [0.05, 0.1) is 4.91 Å². The van der Waals surface area contributed by atoms with Gasteiger partial charge >= 0.3 is 0 Å². The lowest BCUT2D eigenvalue weighted by Gasteiger charge is -2.28. The Bertz CT molecular complexity index is 683. The molecule has 1 atom stereocenters. The summed E-state index contributed by atoms with van der Waals surface area (Å²) in [6.45, 7) is 8.70. The summed E-state index contributed by atoms with van der Waals surface area (Å²) in [5.41, 5.74) is 1.12. The van der Waals surface area contributed by atoms with Crippen LogP contribution in [0.3, 0.4) is 0 Å². The van der Waals surface area contributed by atoms with Gasteiger partial charge in [-0.05, 0) is 75.4 Å². The number of allylic oxidation sites excluding steroid dienone is 1. The second-order valence-corrected chi connectivity index (χ2v) is 9.45. The van der Waals surface area contributed by atoms with E-state index in [1.807, 2.05) is 18.2 Å². The summed E-state index contributed by atoms with van der Waals surface area (Å²) in [5, 5.41) is 0.768. The van der Waals surface area contributed by atoms with Crippen molar-refractivity contribution in [2.45, 2.75) is 57.7 Å². The lowest BCUT2D eigenvalue weighted by atomic mass is 10.0. The highest BCUT2D eigenvalue weighted by Crippen LogP contribution is 2.46. The van der Waals surface area contributed by atoms with E-state index in [4.69, 9.17) is 11.6 Å². The first-order valence-corrected chi connectivity index (χ1v) is 12.1. The van der Waals surface area contributed by atoms with Crippen LogP contribution in [-0.2, 0) is 4.79 Å². The second-order valence-electron chi connectivity index (χ2n) is 7.89. The maximum atomic E-state index is 13.2. The third-order valence-electron chi connectivity index (χ3n) is 5.89. The van der Waals surface area contributed by atoms with E-state index in [1.54, 1.807) is 11.8 Å². The van der Waals surface area contributed by atoms with Gasteiger partial charge in [0, 0.05) is 11.6 Å². The van der Waals surface area contributed by atoms with Gasteiger partial charge in [-0.25, -0.2) is 0 Å². The highest BCUT2D eigenvalue weighted by molar-refractivity contribution is 8.04. The molecule has 5 heteroatoms. The number of rotatable bonds is 8. The first-order chi connectivity index (χ1) is 13.6. The van der Waals surface area contributed by atoms with Gasteiger partial charge in [-0.2, -0.15) is 0 Å². The zero-order valence-corrected chi connectivity index (χ0v) is 18.8. The smallest absolute Gasteiger partial charge is 0.261 e. The molecule has 0 spiro atoms. The zero-order valence-electron chi connectivity index (χ0n) is 17.2. The van der Waals surface area contributed by atoms with Gasteiger partial charge in [0.2, 0.25) is 0 Å². The molecule has 0 radical (unpaired) electrons. The Morgan fingerprint density at radius 1 is 1.18 bits per heavy atom. The molecule has 0 bridgehead atoms. The lowest BCUT2D eigenvalue weighted by Crippen LogP contribution is -2.34. The molecule has 1 amide bonds. The lowest BCUT2D eigenvalue weighted by molar-refractivity contribution is -0.126. The molecule has 1 unspecified atom stereocenters. The third-order valence-corrected chi connectivity index (χ3v) is 7.43. The topological polar surface area (TPSA) is 23.6 Å². The predicted molar refractivity (Wildman–Crippen MR) is 121 cm³/mol. The highest BCUT2D eigenvalue weighted by atomic mass is 35.5. The van der Waals surface area contributed by atoms with Crippen molar-refractivity contribution in [1.82, 2.24) is 9.80 Å². The van der Waals surface area contributed by atoms with Gasteiger partial charge in [-0.3, -0.25) is 4.79 Å². The van der Waals surface area contributed by atoms with Crippen molar-refractivity contribution >= 4 is 29.3 Å². The molecule has 2 fully saturated rings.